The van der Waals surface area contributed by atoms with Gasteiger partial charge in [0.05, 0.1) is 41.4 Å². The van der Waals surface area contributed by atoms with Gasteiger partial charge in [0.2, 0.25) is 11.6 Å². The predicted octanol–water partition coefficient (Wildman–Crippen LogP) is 1.86. The van der Waals surface area contributed by atoms with Crippen LogP contribution in [0.5, 0.6) is 0 Å². The lowest BCUT2D eigenvalue weighted by atomic mass is 9.96. The molecule has 2 aliphatic heterocycles. The first-order valence-electron chi connectivity index (χ1n) is 10.6. The quantitative estimate of drug-likeness (QED) is 0.753. The van der Waals surface area contributed by atoms with E-state index in [0.717, 1.165) is 44.3 Å². The summed E-state index contributed by atoms with van der Waals surface area (Å²) in [7, 11) is 8.42. The Morgan fingerprint density at radius 2 is 0.967 bits per heavy atom. The molecule has 0 unspecified atom stereocenters. The molecule has 0 saturated carbocycles. The summed E-state index contributed by atoms with van der Waals surface area (Å²) >= 11 is 0. The summed E-state index contributed by atoms with van der Waals surface area (Å²) < 4.78 is 12.9. The molecule has 0 aliphatic carbocycles. The lowest BCUT2D eigenvalue weighted by molar-refractivity contribution is -0.912. The summed E-state index contributed by atoms with van der Waals surface area (Å²) in [4.78, 5) is 0. The number of quaternary nitrogens is 2. The standard InChI is InChI=1S/C24H34N2O4/c1-25(2)13-15-29-23(27,17-25)21-9-5-19(6-10-21)20-7-11-22(12-8-20)24(28)18-26(3,4)14-16-30-24/h5-12,27-28H,13-18H2,1-4H3/q+2/t23-,24+. The van der Waals surface area contributed by atoms with Crippen molar-refractivity contribution in [1.82, 2.24) is 0 Å². The van der Waals surface area contributed by atoms with Crippen LogP contribution >= 0.6 is 0 Å². The number of hydrogen-bond acceptors (Lipinski definition) is 4. The predicted molar refractivity (Wildman–Crippen MR) is 115 cm³/mol. The van der Waals surface area contributed by atoms with Crippen molar-refractivity contribution in [3.05, 3.63) is 59.7 Å². The van der Waals surface area contributed by atoms with E-state index in [4.69, 9.17) is 9.47 Å². The zero-order valence-corrected chi connectivity index (χ0v) is 18.5. The molecule has 2 heterocycles. The summed E-state index contributed by atoms with van der Waals surface area (Å²) in [6, 6.07) is 15.8. The van der Waals surface area contributed by atoms with Gasteiger partial charge in [0, 0.05) is 11.1 Å². The van der Waals surface area contributed by atoms with Crippen molar-refractivity contribution in [3.63, 3.8) is 0 Å². The van der Waals surface area contributed by atoms with E-state index < -0.39 is 11.6 Å². The first-order chi connectivity index (χ1) is 14.0. The smallest absolute Gasteiger partial charge is 0.243 e. The second kappa shape index (κ2) is 7.41. The third-order valence-electron chi connectivity index (χ3n) is 6.36. The van der Waals surface area contributed by atoms with Gasteiger partial charge >= 0.3 is 0 Å². The molecular weight excluding hydrogens is 380 g/mol. The van der Waals surface area contributed by atoms with E-state index >= 15 is 0 Å². The maximum absolute atomic E-state index is 11.0. The van der Waals surface area contributed by atoms with Gasteiger partial charge in [0.25, 0.3) is 0 Å². The molecule has 2 aromatic rings. The molecule has 0 bridgehead atoms. The number of morpholine rings is 2. The second-order valence-corrected chi connectivity index (χ2v) is 10.1. The number of nitrogens with zero attached hydrogens (tertiary/aromatic N) is 2. The summed E-state index contributed by atoms with van der Waals surface area (Å²) in [6.45, 7) is 3.89. The van der Waals surface area contributed by atoms with Crippen LogP contribution < -0.4 is 0 Å². The van der Waals surface area contributed by atoms with Crippen LogP contribution in [-0.4, -0.2) is 86.8 Å². The minimum absolute atomic E-state index is 0.522. The van der Waals surface area contributed by atoms with E-state index in [1.807, 2.05) is 48.5 Å². The minimum Gasteiger partial charge on any atom is -0.357 e. The fraction of sp³-hybridized carbons (Fsp3) is 0.500. The number of rotatable bonds is 3. The molecule has 0 radical (unpaired) electrons. The summed E-state index contributed by atoms with van der Waals surface area (Å²) in [5.41, 5.74) is 3.65. The van der Waals surface area contributed by atoms with Crippen LogP contribution in [0.2, 0.25) is 0 Å². The van der Waals surface area contributed by atoms with Gasteiger partial charge < -0.3 is 28.7 Å². The van der Waals surface area contributed by atoms with Gasteiger partial charge in [-0.2, -0.15) is 0 Å². The fourth-order valence-electron chi connectivity index (χ4n) is 4.53. The molecule has 0 amide bonds. The third kappa shape index (κ3) is 4.30. The van der Waals surface area contributed by atoms with Gasteiger partial charge in [-0.1, -0.05) is 48.5 Å². The maximum Gasteiger partial charge on any atom is 0.243 e. The molecule has 0 aromatic heterocycles. The average Bonchev–Trinajstić information content (AvgIpc) is 2.66. The van der Waals surface area contributed by atoms with Crippen molar-refractivity contribution >= 4 is 0 Å². The van der Waals surface area contributed by atoms with Crippen molar-refractivity contribution in [1.29, 1.82) is 0 Å². The van der Waals surface area contributed by atoms with Crippen LogP contribution in [0.4, 0.5) is 0 Å². The number of ether oxygens (including phenoxy) is 2. The van der Waals surface area contributed by atoms with Crippen LogP contribution in [0.25, 0.3) is 11.1 Å². The molecule has 2 saturated heterocycles. The summed E-state index contributed by atoms with van der Waals surface area (Å²) in [6.07, 6.45) is 0. The highest BCUT2D eigenvalue weighted by Gasteiger charge is 2.43. The van der Waals surface area contributed by atoms with E-state index in [9.17, 15) is 10.2 Å². The summed E-state index contributed by atoms with van der Waals surface area (Å²) in [5, 5.41) is 22.0. The molecule has 6 heteroatoms. The van der Waals surface area contributed by atoms with Crippen LogP contribution in [-0.2, 0) is 21.0 Å². The Bertz CT molecular complexity index is 819. The Morgan fingerprint density at radius 3 is 1.27 bits per heavy atom. The highest BCUT2D eigenvalue weighted by atomic mass is 16.6. The van der Waals surface area contributed by atoms with E-state index in [-0.39, 0.29) is 0 Å². The molecule has 4 rings (SSSR count). The maximum atomic E-state index is 11.0. The van der Waals surface area contributed by atoms with Crippen molar-refractivity contribution in [2.24, 2.45) is 0 Å². The van der Waals surface area contributed by atoms with Gasteiger partial charge in [-0.3, -0.25) is 0 Å². The zero-order chi connectivity index (χ0) is 21.6. The van der Waals surface area contributed by atoms with Gasteiger partial charge in [-0.15, -0.1) is 0 Å². The Hall–Kier alpha value is -1.80. The van der Waals surface area contributed by atoms with Crippen molar-refractivity contribution < 1.29 is 28.7 Å². The second-order valence-electron chi connectivity index (χ2n) is 10.1. The Balaban J connectivity index is 1.53. The first kappa shape index (κ1) is 21.4. The van der Waals surface area contributed by atoms with Crippen molar-refractivity contribution in [2.75, 3.05) is 67.6 Å². The zero-order valence-electron chi connectivity index (χ0n) is 18.5. The normalized spacial score (nSPS) is 30.7. The Morgan fingerprint density at radius 1 is 0.633 bits per heavy atom. The molecule has 2 fully saturated rings. The van der Waals surface area contributed by atoms with Crippen LogP contribution in [0, 0.1) is 0 Å². The van der Waals surface area contributed by atoms with Crippen molar-refractivity contribution in [2.45, 2.75) is 11.6 Å². The summed E-state index contributed by atoms with van der Waals surface area (Å²) in [5.74, 6) is -2.51. The molecule has 0 spiro atoms. The Labute approximate surface area is 179 Å². The van der Waals surface area contributed by atoms with Crippen LogP contribution in [0.15, 0.2) is 48.5 Å². The highest BCUT2D eigenvalue weighted by molar-refractivity contribution is 5.64. The van der Waals surface area contributed by atoms with Gasteiger partial charge in [0.1, 0.15) is 26.2 Å². The highest BCUT2D eigenvalue weighted by Crippen LogP contribution is 2.33. The monoisotopic (exact) mass is 414 g/mol. The fourth-order valence-corrected chi connectivity index (χ4v) is 4.53. The molecule has 30 heavy (non-hydrogen) atoms. The number of likely N-dealkylation sites (N-methyl/N-ethyl adjacent to an activating group) is 2. The molecule has 2 aliphatic rings. The Kier molecular flexibility index (Phi) is 5.29. The van der Waals surface area contributed by atoms with E-state index in [2.05, 4.69) is 28.2 Å². The molecule has 162 valence electrons. The molecular formula is C24H34N2O4+2. The van der Waals surface area contributed by atoms with Gasteiger partial charge in [-0.05, 0) is 11.1 Å². The van der Waals surface area contributed by atoms with Crippen LogP contribution in [0.3, 0.4) is 0 Å². The van der Waals surface area contributed by atoms with Gasteiger partial charge in [0.15, 0.2) is 0 Å². The van der Waals surface area contributed by atoms with E-state index in [1.54, 1.807) is 0 Å². The lowest BCUT2D eigenvalue weighted by Crippen LogP contribution is -2.57. The number of aliphatic hydroxyl groups is 2. The third-order valence-corrected chi connectivity index (χ3v) is 6.36. The van der Waals surface area contributed by atoms with E-state index in [1.165, 1.54) is 0 Å². The molecule has 2 atom stereocenters. The lowest BCUT2D eigenvalue weighted by Gasteiger charge is -2.42. The molecule has 2 N–H and O–H groups in total. The van der Waals surface area contributed by atoms with Gasteiger partial charge in [-0.25, -0.2) is 0 Å². The molecule has 2 aromatic carbocycles. The SMILES string of the molecule is C[N+]1(C)CCO[C@@](O)(c2ccc(-c3ccc([C@]4(O)C[N+](C)(C)CCO4)cc3)cc2)C1. The van der Waals surface area contributed by atoms with Crippen LogP contribution in [0.1, 0.15) is 11.1 Å². The first-order valence-corrected chi connectivity index (χ1v) is 10.6. The number of benzene rings is 2. The topological polar surface area (TPSA) is 58.9 Å². The largest absolute Gasteiger partial charge is 0.357 e. The van der Waals surface area contributed by atoms with Crippen molar-refractivity contribution in [3.8, 4) is 11.1 Å². The van der Waals surface area contributed by atoms with E-state index in [0.29, 0.717) is 26.3 Å². The number of hydrogen-bond donors (Lipinski definition) is 2. The average molecular weight is 415 g/mol. The molecule has 6 nitrogen and oxygen atoms in total. The minimum atomic E-state index is -1.25.